The molecule has 0 saturated heterocycles. The molecular weight excluding hydrogens is 260 g/mol. The van der Waals surface area contributed by atoms with Crippen LogP contribution in [0, 0.1) is 0 Å². The Bertz CT molecular complexity index is 670. The Balaban J connectivity index is 2.07. The quantitative estimate of drug-likeness (QED) is 0.862. The zero-order chi connectivity index (χ0) is 14.1. The third-order valence-electron chi connectivity index (χ3n) is 3.23. The van der Waals surface area contributed by atoms with Crippen LogP contribution in [-0.2, 0) is 17.6 Å². The molecule has 1 aliphatic rings. The van der Waals surface area contributed by atoms with Crippen LogP contribution >= 0.6 is 0 Å². The van der Waals surface area contributed by atoms with Crippen LogP contribution in [0.15, 0.2) is 35.1 Å². The first-order valence-electron chi connectivity index (χ1n) is 6.22. The van der Waals surface area contributed by atoms with Crippen molar-refractivity contribution in [3.05, 3.63) is 53.0 Å². The molecule has 0 fully saturated rings. The Morgan fingerprint density at radius 3 is 2.85 bits per heavy atom. The molecule has 0 atom stereocenters. The van der Waals surface area contributed by atoms with Gasteiger partial charge in [0.1, 0.15) is 12.0 Å². The standard InChI is InChI=1S/C15H12O5/c16-13(17)7-9-5-10-2-4-20-15(10)12(6-9)14(18)11-1-3-19-8-11/h1,3,5-6,8H,2,4,7H2,(H,16,17). The van der Waals surface area contributed by atoms with Crippen molar-refractivity contribution < 1.29 is 23.8 Å². The van der Waals surface area contributed by atoms with Gasteiger partial charge in [-0.1, -0.05) is 6.07 Å². The number of ketones is 1. The largest absolute Gasteiger partial charge is 0.492 e. The Morgan fingerprint density at radius 1 is 1.30 bits per heavy atom. The van der Waals surface area contributed by atoms with Crippen molar-refractivity contribution in [2.45, 2.75) is 12.8 Å². The van der Waals surface area contributed by atoms with Gasteiger partial charge in [-0.25, -0.2) is 0 Å². The fourth-order valence-corrected chi connectivity index (χ4v) is 2.37. The molecule has 3 rings (SSSR count). The average Bonchev–Trinajstić information content (AvgIpc) is 3.07. The summed E-state index contributed by atoms with van der Waals surface area (Å²) < 4.78 is 10.4. The number of rotatable bonds is 4. The lowest BCUT2D eigenvalue weighted by molar-refractivity contribution is -0.136. The first-order chi connectivity index (χ1) is 9.65. The minimum atomic E-state index is -0.925. The number of hydrogen-bond acceptors (Lipinski definition) is 4. The molecule has 1 aromatic carbocycles. The third kappa shape index (κ3) is 2.18. The van der Waals surface area contributed by atoms with Crippen LogP contribution in [-0.4, -0.2) is 23.5 Å². The number of furan rings is 1. The van der Waals surface area contributed by atoms with Gasteiger partial charge in [-0.05, 0) is 23.3 Å². The van der Waals surface area contributed by atoms with Gasteiger partial charge < -0.3 is 14.3 Å². The lowest BCUT2D eigenvalue weighted by atomic mass is 9.97. The van der Waals surface area contributed by atoms with Crippen molar-refractivity contribution in [3.8, 4) is 5.75 Å². The molecule has 1 aliphatic heterocycles. The maximum Gasteiger partial charge on any atom is 0.307 e. The summed E-state index contributed by atoms with van der Waals surface area (Å²) >= 11 is 0. The van der Waals surface area contributed by atoms with E-state index in [1.165, 1.54) is 12.5 Å². The molecule has 0 saturated carbocycles. The van der Waals surface area contributed by atoms with Crippen LogP contribution in [0.3, 0.4) is 0 Å². The molecule has 0 amide bonds. The lowest BCUT2D eigenvalue weighted by Gasteiger charge is -2.09. The molecule has 102 valence electrons. The summed E-state index contributed by atoms with van der Waals surface area (Å²) in [6, 6.07) is 4.96. The van der Waals surface area contributed by atoms with E-state index in [4.69, 9.17) is 14.3 Å². The zero-order valence-electron chi connectivity index (χ0n) is 10.6. The molecule has 0 unspecified atom stereocenters. The number of carbonyl (C=O) groups is 2. The molecule has 1 N–H and O–H groups in total. The number of aliphatic carboxylic acids is 1. The van der Waals surface area contributed by atoms with Crippen LogP contribution in [0.5, 0.6) is 5.75 Å². The van der Waals surface area contributed by atoms with E-state index in [9.17, 15) is 9.59 Å². The fraction of sp³-hybridized carbons (Fsp3) is 0.200. The fourth-order valence-electron chi connectivity index (χ4n) is 2.37. The van der Waals surface area contributed by atoms with Crippen LogP contribution in [0.4, 0.5) is 0 Å². The van der Waals surface area contributed by atoms with Gasteiger partial charge in [-0.2, -0.15) is 0 Å². The highest BCUT2D eigenvalue weighted by atomic mass is 16.5. The Morgan fingerprint density at radius 2 is 2.15 bits per heavy atom. The molecule has 2 heterocycles. The number of benzene rings is 1. The molecule has 5 heteroatoms. The summed E-state index contributed by atoms with van der Waals surface area (Å²) in [5.41, 5.74) is 2.32. The van der Waals surface area contributed by atoms with Gasteiger partial charge >= 0.3 is 5.97 Å². The van der Waals surface area contributed by atoms with Crippen molar-refractivity contribution in [2.75, 3.05) is 6.61 Å². The zero-order valence-corrected chi connectivity index (χ0v) is 10.6. The van der Waals surface area contributed by atoms with Crippen LogP contribution in [0.2, 0.25) is 0 Å². The summed E-state index contributed by atoms with van der Waals surface area (Å²) in [6.07, 6.45) is 3.37. The van der Waals surface area contributed by atoms with Crippen LogP contribution in [0.1, 0.15) is 27.0 Å². The molecule has 1 aromatic heterocycles. The molecular formula is C15H12O5. The van der Waals surface area contributed by atoms with E-state index < -0.39 is 5.97 Å². The first kappa shape index (κ1) is 12.5. The number of carbonyl (C=O) groups excluding carboxylic acids is 1. The van der Waals surface area contributed by atoms with E-state index >= 15 is 0 Å². The molecule has 0 spiro atoms. The predicted molar refractivity (Wildman–Crippen MR) is 69.1 cm³/mol. The van der Waals surface area contributed by atoms with Crippen molar-refractivity contribution >= 4 is 11.8 Å². The summed E-state index contributed by atoms with van der Waals surface area (Å²) in [6.45, 7) is 0.511. The van der Waals surface area contributed by atoms with E-state index in [-0.39, 0.29) is 12.2 Å². The smallest absolute Gasteiger partial charge is 0.307 e. The summed E-state index contributed by atoms with van der Waals surface area (Å²) in [5, 5.41) is 8.90. The predicted octanol–water partition coefficient (Wildman–Crippen LogP) is 2.07. The molecule has 2 aromatic rings. The highest BCUT2D eigenvalue weighted by Crippen LogP contribution is 2.33. The second kappa shape index (κ2) is 4.85. The van der Waals surface area contributed by atoms with E-state index in [1.807, 2.05) is 0 Å². The van der Waals surface area contributed by atoms with Gasteiger partial charge in [0.05, 0.1) is 30.4 Å². The second-order valence-corrected chi connectivity index (χ2v) is 4.64. The summed E-state index contributed by atoms with van der Waals surface area (Å²) in [7, 11) is 0. The van der Waals surface area contributed by atoms with E-state index in [0.717, 1.165) is 5.56 Å². The minimum Gasteiger partial charge on any atom is -0.492 e. The topological polar surface area (TPSA) is 76.7 Å². The SMILES string of the molecule is O=C(O)Cc1cc2c(c(C(=O)c3ccoc3)c1)OCC2. The number of carboxylic acid groups (broad SMARTS) is 1. The monoisotopic (exact) mass is 272 g/mol. The van der Waals surface area contributed by atoms with E-state index in [0.29, 0.717) is 35.5 Å². The van der Waals surface area contributed by atoms with Crippen LogP contribution < -0.4 is 4.74 Å². The maximum absolute atomic E-state index is 12.4. The summed E-state index contributed by atoms with van der Waals surface area (Å²) in [5.74, 6) is -0.583. The highest BCUT2D eigenvalue weighted by Gasteiger charge is 2.24. The number of fused-ring (bicyclic) bond motifs is 1. The Kier molecular flexibility index (Phi) is 3.02. The van der Waals surface area contributed by atoms with Gasteiger partial charge in [-0.3, -0.25) is 9.59 Å². The second-order valence-electron chi connectivity index (χ2n) is 4.64. The highest BCUT2D eigenvalue weighted by molar-refractivity contribution is 6.11. The number of hydrogen-bond donors (Lipinski definition) is 1. The average molecular weight is 272 g/mol. The van der Waals surface area contributed by atoms with E-state index in [2.05, 4.69) is 0 Å². The molecule has 0 radical (unpaired) electrons. The van der Waals surface area contributed by atoms with Gasteiger partial charge in [0, 0.05) is 6.42 Å². The van der Waals surface area contributed by atoms with E-state index in [1.54, 1.807) is 18.2 Å². The normalized spacial score (nSPS) is 12.8. The molecule has 5 nitrogen and oxygen atoms in total. The van der Waals surface area contributed by atoms with Crippen molar-refractivity contribution in [2.24, 2.45) is 0 Å². The number of carboxylic acids is 1. The van der Waals surface area contributed by atoms with Gasteiger partial charge in [0.15, 0.2) is 5.78 Å². The minimum absolute atomic E-state index is 0.112. The van der Waals surface area contributed by atoms with Crippen molar-refractivity contribution in [3.63, 3.8) is 0 Å². The van der Waals surface area contributed by atoms with Gasteiger partial charge in [0.2, 0.25) is 0 Å². The summed E-state index contributed by atoms with van der Waals surface area (Å²) in [4.78, 5) is 23.3. The third-order valence-corrected chi connectivity index (χ3v) is 3.23. The lowest BCUT2D eigenvalue weighted by Crippen LogP contribution is -2.06. The Labute approximate surface area is 114 Å². The first-order valence-corrected chi connectivity index (χ1v) is 6.22. The molecule has 20 heavy (non-hydrogen) atoms. The molecule has 0 aliphatic carbocycles. The maximum atomic E-state index is 12.4. The molecule has 0 bridgehead atoms. The van der Waals surface area contributed by atoms with Gasteiger partial charge in [0.25, 0.3) is 0 Å². The van der Waals surface area contributed by atoms with Crippen molar-refractivity contribution in [1.82, 2.24) is 0 Å². The van der Waals surface area contributed by atoms with Gasteiger partial charge in [-0.15, -0.1) is 0 Å². The Hall–Kier alpha value is -2.56. The number of ether oxygens (including phenoxy) is 1. The van der Waals surface area contributed by atoms with Crippen molar-refractivity contribution in [1.29, 1.82) is 0 Å². The van der Waals surface area contributed by atoms with Crippen LogP contribution in [0.25, 0.3) is 0 Å².